The SMILES string of the molecule is Cc1ccc(C(O)Cc2cc(Br)ccc2F)nc1. The first-order valence-corrected chi connectivity index (χ1v) is 6.40. The minimum absolute atomic E-state index is 0.210. The number of hydrogen-bond donors (Lipinski definition) is 1. The minimum atomic E-state index is -0.797. The van der Waals surface area contributed by atoms with E-state index in [9.17, 15) is 9.50 Å². The number of nitrogens with zero attached hydrogens (tertiary/aromatic N) is 1. The maximum atomic E-state index is 13.6. The Hall–Kier alpha value is -1.26. The molecule has 0 aliphatic rings. The lowest BCUT2D eigenvalue weighted by Crippen LogP contribution is -2.05. The lowest BCUT2D eigenvalue weighted by atomic mass is 10.0. The Morgan fingerprint density at radius 1 is 1.33 bits per heavy atom. The summed E-state index contributed by atoms with van der Waals surface area (Å²) in [7, 11) is 0. The van der Waals surface area contributed by atoms with Crippen molar-refractivity contribution < 1.29 is 9.50 Å². The van der Waals surface area contributed by atoms with Crippen LogP contribution in [0.1, 0.15) is 22.9 Å². The van der Waals surface area contributed by atoms with E-state index in [1.54, 1.807) is 24.4 Å². The van der Waals surface area contributed by atoms with Crippen LogP contribution in [0.5, 0.6) is 0 Å². The Morgan fingerprint density at radius 2 is 2.11 bits per heavy atom. The van der Waals surface area contributed by atoms with E-state index in [-0.39, 0.29) is 12.2 Å². The van der Waals surface area contributed by atoms with Gasteiger partial charge in [0.1, 0.15) is 11.9 Å². The number of rotatable bonds is 3. The highest BCUT2D eigenvalue weighted by Crippen LogP contribution is 2.21. The van der Waals surface area contributed by atoms with Gasteiger partial charge in [-0.05, 0) is 42.3 Å². The molecule has 2 aromatic rings. The fraction of sp³-hybridized carbons (Fsp3) is 0.214. The van der Waals surface area contributed by atoms with Crippen molar-refractivity contribution >= 4 is 15.9 Å². The van der Waals surface area contributed by atoms with Crippen LogP contribution in [-0.4, -0.2) is 10.1 Å². The minimum Gasteiger partial charge on any atom is -0.386 e. The van der Waals surface area contributed by atoms with Crippen molar-refractivity contribution in [3.63, 3.8) is 0 Å². The molecule has 0 saturated heterocycles. The second-order valence-corrected chi connectivity index (χ2v) is 5.13. The highest BCUT2D eigenvalue weighted by atomic mass is 79.9. The summed E-state index contributed by atoms with van der Waals surface area (Å²) in [5.41, 5.74) is 2.05. The summed E-state index contributed by atoms with van der Waals surface area (Å²) in [4.78, 5) is 4.14. The van der Waals surface area contributed by atoms with Crippen molar-refractivity contribution in [2.45, 2.75) is 19.4 Å². The maximum Gasteiger partial charge on any atom is 0.126 e. The normalized spacial score (nSPS) is 12.4. The fourth-order valence-corrected chi connectivity index (χ4v) is 2.10. The van der Waals surface area contributed by atoms with Crippen LogP contribution < -0.4 is 0 Å². The van der Waals surface area contributed by atoms with Crippen molar-refractivity contribution in [3.8, 4) is 0 Å². The molecule has 0 amide bonds. The van der Waals surface area contributed by atoms with E-state index in [0.717, 1.165) is 10.0 Å². The number of hydrogen-bond acceptors (Lipinski definition) is 2. The average molecular weight is 310 g/mol. The van der Waals surface area contributed by atoms with E-state index >= 15 is 0 Å². The molecule has 0 radical (unpaired) electrons. The first-order chi connectivity index (χ1) is 8.56. The van der Waals surface area contributed by atoms with Crippen molar-refractivity contribution in [2.24, 2.45) is 0 Å². The summed E-state index contributed by atoms with van der Waals surface area (Å²) in [5, 5.41) is 10.0. The Morgan fingerprint density at radius 3 is 2.78 bits per heavy atom. The van der Waals surface area contributed by atoms with Crippen LogP contribution >= 0.6 is 15.9 Å². The van der Waals surface area contributed by atoms with Crippen LogP contribution in [0.4, 0.5) is 4.39 Å². The van der Waals surface area contributed by atoms with Gasteiger partial charge in [0.15, 0.2) is 0 Å². The van der Waals surface area contributed by atoms with E-state index in [4.69, 9.17) is 0 Å². The van der Waals surface area contributed by atoms with Crippen LogP contribution in [-0.2, 0) is 6.42 Å². The Bertz CT molecular complexity index is 542. The quantitative estimate of drug-likeness (QED) is 0.940. The van der Waals surface area contributed by atoms with E-state index in [2.05, 4.69) is 20.9 Å². The third kappa shape index (κ3) is 3.15. The Kier molecular flexibility index (Phi) is 4.09. The van der Waals surface area contributed by atoms with E-state index in [1.807, 2.05) is 13.0 Å². The van der Waals surface area contributed by atoms with Crippen LogP contribution in [0.15, 0.2) is 41.0 Å². The molecule has 1 atom stereocenters. The van der Waals surface area contributed by atoms with Gasteiger partial charge in [0.05, 0.1) is 5.69 Å². The Labute approximate surface area is 114 Å². The number of aromatic nitrogens is 1. The topological polar surface area (TPSA) is 33.1 Å². The number of halogens is 2. The second-order valence-electron chi connectivity index (χ2n) is 4.22. The van der Waals surface area contributed by atoms with Gasteiger partial charge in [0, 0.05) is 17.1 Å². The molecule has 0 aliphatic carbocycles. The summed E-state index contributed by atoms with van der Waals surface area (Å²) >= 11 is 3.29. The van der Waals surface area contributed by atoms with E-state index in [1.165, 1.54) is 6.07 Å². The van der Waals surface area contributed by atoms with Gasteiger partial charge < -0.3 is 5.11 Å². The van der Waals surface area contributed by atoms with E-state index in [0.29, 0.717) is 11.3 Å². The highest BCUT2D eigenvalue weighted by Gasteiger charge is 2.13. The van der Waals surface area contributed by atoms with Crippen molar-refractivity contribution in [1.29, 1.82) is 0 Å². The molecule has 2 nitrogen and oxygen atoms in total. The molecule has 1 unspecified atom stereocenters. The van der Waals surface area contributed by atoms with Crippen LogP contribution in [0.25, 0.3) is 0 Å². The molecule has 0 bridgehead atoms. The van der Waals surface area contributed by atoms with Gasteiger partial charge in [-0.3, -0.25) is 4.98 Å². The van der Waals surface area contributed by atoms with Gasteiger partial charge >= 0.3 is 0 Å². The fourth-order valence-electron chi connectivity index (χ4n) is 1.69. The summed E-state index contributed by atoms with van der Waals surface area (Å²) in [5.74, 6) is -0.315. The van der Waals surface area contributed by atoms with Crippen LogP contribution in [0.3, 0.4) is 0 Å². The molecule has 4 heteroatoms. The first-order valence-electron chi connectivity index (χ1n) is 5.61. The maximum absolute atomic E-state index is 13.6. The summed E-state index contributed by atoms with van der Waals surface area (Å²) in [6.07, 6.45) is 1.10. The molecule has 0 fully saturated rings. The van der Waals surface area contributed by atoms with Gasteiger partial charge in [0.25, 0.3) is 0 Å². The average Bonchev–Trinajstić information content (AvgIpc) is 2.34. The zero-order valence-electron chi connectivity index (χ0n) is 9.90. The molecule has 1 heterocycles. The third-order valence-corrected chi connectivity index (χ3v) is 3.19. The predicted octanol–water partition coefficient (Wildman–Crippen LogP) is 3.57. The molecule has 0 aliphatic heterocycles. The summed E-state index contributed by atoms with van der Waals surface area (Å²) in [6, 6.07) is 8.33. The molecule has 2 rings (SSSR count). The smallest absolute Gasteiger partial charge is 0.126 e. The molecule has 1 aromatic heterocycles. The molecule has 1 N–H and O–H groups in total. The number of aliphatic hydroxyl groups is 1. The number of aryl methyl sites for hydroxylation is 1. The Balaban J connectivity index is 2.18. The second kappa shape index (κ2) is 5.59. The van der Waals surface area contributed by atoms with Gasteiger partial charge in [-0.25, -0.2) is 4.39 Å². The van der Waals surface area contributed by atoms with Crippen LogP contribution in [0.2, 0.25) is 0 Å². The zero-order valence-corrected chi connectivity index (χ0v) is 11.5. The highest BCUT2D eigenvalue weighted by molar-refractivity contribution is 9.10. The summed E-state index contributed by atoms with van der Waals surface area (Å²) < 4.78 is 14.4. The van der Waals surface area contributed by atoms with Gasteiger partial charge in [-0.2, -0.15) is 0 Å². The standard InChI is InChI=1S/C14H13BrFNO/c1-9-2-5-13(17-8-9)14(18)7-10-6-11(15)3-4-12(10)16/h2-6,8,14,18H,7H2,1H3. The number of pyridine rings is 1. The van der Waals surface area contributed by atoms with Gasteiger partial charge in [-0.1, -0.05) is 22.0 Å². The van der Waals surface area contributed by atoms with Crippen molar-refractivity contribution in [1.82, 2.24) is 4.98 Å². The lowest BCUT2D eigenvalue weighted by molar-refractivity contribution is 0.172. The first kappa shape index (κ1) is 13.2. The summed E-state index contributed by atoms with van der Waals surface area (Å²) in [6.45, 7) is 1.93. The van der Waals surface area contributed by atoms with E-state index < -0.39 is 6.10 Å². The van der Waals surface area contributed by atoms with Crippen LogP contribution in [0, 0.1) is 12.7 Å². The largest absolute Gasteiger partial charge is 0.386 e. The molecule has 0 saturated carbocycles. The zero-order chi connectivity index (χ0) is 13.1. The molecular weight excluding hydrogens is 297 g/mol. The molecular formula is C14H13BrFNO. The number of aliphatic hydroxyl groups excluding tert-OH is 1. The molecule has 0 spiro atoms. The van der Waals surface area contributed by atoms with Crippen molar-refractivity contribution in [2.75, 3.05) is 0 Å². The molecule has 18 heavy (non-hydrogen) atoms. The van der Waals surface area contributed by atoms with Gasteiger partial charge in [0.2, 0.25) is 0 Å². The van der Waals surface area contributed by atoms with Crippen molar-refractivity contribution in [3.05, 3.63) is 63.6 Å². The lowest BCUT2D eigenvalue weighted by Gasteiger charge is -2.11. The molecule has 94 valence electrons. The number of benzene rings is 1. The predicted molar refractivity (Wildman–Crippen MR) is 71.7 cm³/mol. The van der Waals surface area contributed by atoms with Gasteiger partial charge in [-0.15, -0.1) is 0 Å². The molecule has 1 aromatic carbocycles. The monoisotopic (exact) mass is 309 g/mol. The third-order valence-electron chi connectivity index (χ3n) is 2.70.